The van der Waals surface area contributed by atoms with Gasteiger partial charge in [0.2, 0.25) is 5.62 Å². The highest BCUT2D eigenvalue weighted by atomic mass is 32.9. The monoisotopic (exact) mass is 268 g/mol. The molecule has 1 N–H and O–H groups in total. The minimum absolute atomic E-state index is 0.576. The van der Waals surface area contributed by atoms with E-state index in [2.05, 4.69) is 30.9 Å². The molecule has 0 spiro atoms. The van der Waals surface area contributed by atoms with Gasteiger partial charge in [-0.3, -0.25) is 4.99 Å². The van der Waals surface area contributed by atoms with Gasteiger partial charge in [-0.1, -0.05) is 32.2 Å². The van der Waals surface area contributed by atoms with Crippen LogP contribution in [0.25, 0.3) is 0 Å². The van der Waals surface area contributed by atoms with Crippen molar-refractivity contribution in [1.29, 1.82) is 0 Å². The van der Waals surface area contributed by atoms with Crippen LogP contribution in [0.4, 0.5) is 0 Å². The van der Waals surface area contributed by atoms with E-state index in [1.807, 2.05) is 6.26 Å². The second-order valence-electron chi connectivity index (χ2n) is 3.53. The average Bonchev–Trinajstić information content (AvgIpc) is 2.21. The van der Waals surface area contributed by atoms with Crippen molar-refractivity contribution in [3.8, 4) is 0 Å². The Morgan fingerprint density at radius 1 is 1.60 bits per heavy atom. The Balaban J connectivity index is 3.97. The van der Waals surface area contributed by atoms with Crippen LogP contribution in [0.2, 0.25) is 0 Å². The predicted molar refractivity (Wildman–Crippen MR) is 75.4 cm³/mol. The Labute approximate surface area is 102 Å². The third-order valence-corrected chi connectivity index (χ3v) is 6.97. The third-order valence-electron chi connectivity index (χ3n) is 1.48. The molecular weight excluding hydrogens is 247 g/mol. The van der Waals surface area contributed by atoms with Gasteiger partial charge in [-0.2, -0.15) is 0 Å². The van der Waals surface area contributed by atoms with Gasteiger partial charge in [0, 0.05) is 6.54 Å². The van der Waals surface area contributed by atoms with Gasteiger partial charge in [-0.25, -0.2) is 0 Å². The molecule has 0 radical (unpaired) electrons. The first-order valence-corrected chi connectivity index (χ1v) is 9.65. The van der Waals surface area contributed by atoms with Crippen LogP contribution in [0.5, 0.6) is 0 Å². The van der Waals surface area contributed by atoms with Gasteiger partial charge in [0.1, 0.15) is 0 Å². The largest absolute Gasteiger partial charge is 0.326 e. The fraction of sp³-hybridized carbons (Fsp3) is 0.889. The maximum atomic E-state index is 5.62. The number of aliphatic imine (C=N–C) groups is 1. The van der Waals surface area contributed by atoms with Crippen molar-refractivity contribution in [2.75, 3.05) is 19.4 Å². The van der Waals surface area contributed by atoms with Crippen LogP contribution in [0, 0.1) is 5.92 Å². The van der Waals surface area contributed by atoms with Gasteiger partial charge in [-0.05, 0) is 30.4 Å². The van der Waals surface area contributed by atoms with Crippen molar-refractivity contribution in [1.82, 2.24) is 5.09 Å². The summed E-state index contributed by atoms with van der Waals surface area (Å²) in [5.41, 5.74) is -1.93. The highest BCUT2D eigenvalue weighted by molar-refractivity contribution is 8.68. The van der Waals surface area contributed by atoms with Gasteiger partial charge < -0.3 is 9.61 Å². The summed E-state index contributed by atoms with van der Waals surface area (Å²) in [4.78, 5) is 4.24. The Morgan fingerprint density at radius 2 is 2.27 bits per heavy atom. The number of rotatable bonds is 8. The van der Waals surface area contributed by atoms with Crippen molar-refractivity contribution in [2.24, 2.45) is 10.9 Å². The molecule has 0 aromatic heterocycles. The zero-order valence-electron chi connectivity index (χ0n) is 9.90. The first-order valence-electron chi connectivity index (χ1n) is 5.10. The Hall–Kier alpha value is 0.430. The van der Waals surface area contributed by atoms with E-state index in [1.54, 1.807) is 17.7 Å². The molecular formula is C9H21N2OPS2. The second-order valence-corrected chi connectivity index (χ2v) is 10.3. The Morgan fingerprint density at radius 3 is 2.73 bits per heavy atom. The quantitative estimate of drug-likeness (QED) is 0.416. The Kier molecular flexibility index (Phi) is 8.81. The third kappa shape index (κ3) is 8.26. The molecule has 1 atom stereocenters. The highest BCUT2D eigenvalue weighted by Crippen LogP contribution is 2.54. The number of hydrogen-bond acceptors (Lipinski definition) is 4. The van der Waals surface area contributed by atoms with Gasteiger partial charge in [-0.15, -0.1) is 0 Å². The predicted octanol–water partition coefficient (Wildman–Crippen LogP) is 3.27. The molecule has 90 valence electrons. The zero-order valence-corrected chi connectivity index (χ0v) is 12.4. The number of nitrogens with one attached hydrogen (secondary N) is 1. The molecule has 0 aromatic carbocycles. The molecule has 0 bridgehead atoms. The molecule has 0 aliphatic carbocycles. The van der Waals surface area contributed by atoms with Crippen LogP contribution in [0.15, 0.2) is 4.99 Å². The van der Waals surface area contributed by atoms with Crippen molar-refractivity contribution >= 4 is 35.1 Å². The highest BCUT2D eigenvalue weighted by Gasteiger charge is 2.13. The molecule has 1 unspecified atom stereocenters. The summed E-state index contributed by atoms with van der Waals surface area (Å²) in [5, 5.41) is 3.11. The van der Waals surface area contributed by atoms with Crippen molar-refractivity contribution in [3.05, 3.63) is 0 Å². The van der Waals surface area contributed by atoms with Crippen molar-refractivity contribution in [2.45, 2.75) is 27.2 Å². The van der Waals surface area contributed by atoms with E-state index < -0.39 is 5.62 Å². The maximum Gasteiger partial charge on any atom is 0.210 e. The van der Waals surface area contributed by atoms with Gasteiger partial charge in [0.05, 0.1) is 12.9 Å². The lowest BCUT2D eigenvalue weighted by Gasteiger charge is -2.18. The fourth-order valence-corrected chi connectivity index (χ4v) is 3.02. The molecule has 0 aromatic rings. The van der Waals surface area contributed by atoms with E-state index in [4.69, 9.17) is 16.3 Å². The minimum Gasteiger partial charge on any atom is -0.326 e. The SMILES string of the molecule is CCCOP(=S)(NC=NCC(C)C)SC. The molecule has 15 heavy (non-hydrogen) atoms. The summed E-state index contributed by atoms with van der Waals surface area (Å²) in [6.07, 6.45) is 4.66. The molecule has 0 fully saturated rings. The molecule has 0 amide bonds. The van der Waals surface area contributed by atoms with Gasteiger partial charge in [0.25, 0.3) is 0 Å². The first kappa shape index (κ1) is 15.4. The molecule has 0 saturated heterocycles. The summed E-state index contributed by atoms with van der Waals surface area (Å²) < 4.78 is 5.62. The molecule has 0 aliphatic rings. The maximum absolute atomic E-state index is 5.62. The number of nitrogens with zero attached hydrogens (tertiary/aromatic N) is 1. The molecule has 0 aliphatic heterocycles. The summed E-state index contributed by atoms with van der Waals surface area (Å²) >= 11 is 6.97. The molecule has 3 nitrogen and oxygen atoms in total. The van der Waals surface area contributed by atoms with E-state index in [0.717, 1.165) is 13.0 Å². The lowest BCUT2D eigenvalue weighted by atomic mass is 10.2. The fourth-order valence-electron chi connectivity index (χ4n) is 0.729. The standard InChI is InChI=1S/C9H21N2OPS2/c1-5-6-12-13(14,15-4)11-8-10-7-9(2)3/h8-9H,5-7H2,1-4H3,(H,10,11,14). The van der Waals surface area contributed by atoms with Crippen LogP contribution >= 0.6 is 17.0 Å². The first-order chi connectivity index (χ1) is 7.04. The Bertz CT molecular complexity index is 234. The molecule has 6 heteroatoms. The van der Waals surface area contributed by atoms with E-state index in [-0.39, 0.29) is 0 Å². The molecule has 0 rings (SSSR count). The summed E-state index contributed by atoms with van der Waals surface area (Å²) in [6, 6.07) is 0. The van der Waals surface area contributed by atoms with E-state index in [1.165, 1.54) is 0 Å². The van der Waals surface area contributed by atoms with E-state index in [9.17, 15) is 0 Å². The van der Waals surface area contributed by atoms with Gasteiger partial charge >= 0.3 is 0 Å². The average molecular weight is 268 g/mol. The zero-order chi connectivity index (χ0) is 11.7. The minimum atomic E-state index is -1.93. The summed E-state index contributed by atoms with van der Waals surface area (Å²) in [6.45, 7) is 7.88. The van der Waals surface area contributed by atoms with Crippen molar-refractivity contribution < 1.29 is 4.52 Å². The van der Waals surface area contributed by atoms with Crippen LogP contribution in [-0.2, 0) is 16.3 Å². The molecule has 0 saturated carbocycles. The normalized spacial score (nSPS) is 15.8. The van der Waals surface area contributed by atoms with Gasteiger partial charge in [0.15, 0.2) is 0 Å². The smallest absolute Gasteiger partial charge is 0.210 e. The lowest BCUT2D eigenvalue weighted by molar-refractivity contribution is 0.356. The van der Waals surface area contributed by atoms with Crippen LogP contribution in [0.1, 0.15) is 27.2 Å². The van der Waals surface area contributed by atoms with Crippen molar-refractivity contribution in [3.63, 3.8) is 0 Å². The van der Waals surface area contributed by atoms with E-state index >= 15 is 0 Å². The lowest BCUT2D eigenvalue weighted by Crippen LogP contribution is -2.09. The van der Waals surface area contributed by atoms with Crippen LogP contribution < -0.4 is 5.09 Å². The topological polar surface area (TPSA) is 33.6 Å². The number of hydrogen-bond donors (Lipinski definition) is 1. The van der Waals surface area contributed by atoms with Crippen LogP contribution in [0.3, 0.4) is 0 Å². The van der Waals surface area contributed by atoms with E-state index in [0.29, 0.717) is 12.5 Å². The summed E-state index contributed by atoms with van der Waals surface area (Å²) in [7, 11) is 0. The second kappa shape index (κ2) is 8.57. The molecule has 0 heterocycles. The summed E-state index contributed by atoms with van der Waals surface area (Å²) in [5.74, 6) is 0.576. The van der Waals surface area contributed by atoms with Crippen LogP contribution in [-0.4, -0.2) is 25.7 Å².